The van der Waals surface area contributed by atoms with E-state index >= 15 is 0 Å². The van der Waals surface area contributed by atoms with E-state index in [2.05, 4.69) is 5.32 Å². The third kappa shape index (κ3) is 2.28. The Bertz CT molecular complexity index is 283. The van der Waals surface area contributed by atoms with Crippen LogP contribution in [0, 0.1) is 5.92 Å². The number of carbonyl (C=O) groups is 1. The van der Waals surface area contributed by atoms with Gasteiger partial charge < -0.3 is 15.0 Å². The largest absolute Gasteiger partial charge is 0.444 e. The molecular formula is C13H22N2O2. The molecule has 3 aliphatic rings. The first-order valence-electron chi connectivity index (χ1n) is 7.02. The molecule has 1 saturated carbocycles. The lowest BCUT2D eigenvalue weighted by Crippen LogP contribution is -2.38. The molecule has 0 aromatic rings. The lowest BCUT2D eigenvalue weighted by molar-refractivity contribution is 0.0900. The van der Waals surface area contributed by atoms with Crippen LogP contribution in [-0.2, 0) is 4.74 Å². The molecule has 0 bridgehead atoms. The quantitative estimate of drug-likeness (QED) is 0.797. The van der Waals surface area contributed by atoms with Crippen LogP contribution < -0.4 is 5.32 Å². The van der Waals surface area contributed by atoms with E-state index in [9.17, 15) is 4.79 Å². The van der Waals surface area contributed by atoms with Gasteiger partial charge in [0.05, 0.1) is 6.54 Å². The van der Waals surface area contributed by atoms with E-state index in [4.69, 9.17) is 4.74 Å². The second-order valence-electron chi connectivity index (χ2n) is 5.60. The molecule has 0 aromatic heterocycles. The van der Waals surface area contributed by atoms with Gasteiger partial charge in [0, 0.05) is 12.0 Å². The second kappa shape index (κ2) is 4.84. The van der Waals surface area contributed by atoms with Crippen molar-refractivity contribution in [2.75, 3.05) is 19.6 Å². The minimum absolute atomic E-state index is 0.0552. The van der Waals surface area contributed by atoms with Gasteiger partial charge in [0.25, 0.3) is 0 Å². The Balaban J connectivity index is 1.60. The monoisotopic (exact) mass is 238 g/mol. The zero-order valence-corrected chi connectivity index (χ0v) is 10.4. The summed E-state index contributed by atoms with van der Waals surface area (Å²) in [5, 5.41) is 3.36. The summed E-state index contributed by atoms with van der Waals surface area (Å²) >= 11 is 0. The predicted octanol–water partition coefficient (Wildman–Crippen LogP) is 1.75. The summed E-state index contributed by atoms with van der Waals surface area (Å²) in [6.45, 7) is 2.98. The van der Waals surface area contributed by atoms with Crippen LogP contribution in [0.1, 0.15) is 38.5 Å². The molecule has 1 unspecified atom stereocenters. The Labute approximate surface area is 103 Å². The molecule has 4 heteroatoms. The number of nitrogens with one attached hydrogen (secondary N) is 1. The highest BCUT2D eigenvalue weighted by Gasteiger charge is 2.40. The number of rotatable bonds is 2. The molecule has 2 saturated heterocycles. The highest BCUT2D eigenvalue weighted by molar-refractivity contribution is 5.70. The number of ether oxygens (including phenoxy) is 1. The molecule has 2 heterocycles. The van der Waals surface area contributed by atoms with Gasteiger partial charge in [0.2, 0.25) is 0 Å². The van der Waals surface area contributed by atoms with Gasteiger partial charge in [-0.3, -0.25) is 0 Å². The molecule has 4 nitrogen and oxygen atoms in total. The van der Waals surface area contributed by atoms with Gasteiger partial charge in [0.15, 0.2) is 0 Å². The first kappa shape index (κ1) is 11.3. The number of carbonyl (C=O) groups excluding carboxylic acids is 1. The second-order valence-corrected chi connectivity index (χ2v) is 5.60. The molecule has 1 N–H and O–H groups in total. The molecular weight excluding hydrogens is 216 g/mol. The van der Waals surface area contributed by atoms with E-state index in [1.165, 1.54) is 25.7 Å². The van der Waals surface area contributed by atoms with Gasteiger partial charge in [-0.15, -0.1) is 0 Å². The molecule has 1 aliphatic carbocycles. The van der Waals surface area contributed by atoms with Crippen LogP contribution in [0.2, 0.25) is 0 Å². The third-order valence-corrected chi connectivity index (χ3v) is 4.54. The topological polar surface area (TPSA) is 41.6 Å². The van der Waals surface area contributed by atoms with Crippen molar-refractivity contribution in [2.45, 2.75) is 50.7 Å². The third-order valence-electron chi connectivity index (χ3n) is 4.54. The highest BCUT2D eigenvalue weighted by atomic mass is 16.6. The van der Waals surface area contributed by atoms with Gasteiger partial charge in [-0.1, -0.05) is 12.8 Å². The molecule has 17 heavy (non-hydrogen) atoms. The summed E-state index contributed by atoms with van der Waals surface area (Å²) in [7, 11) is 0. The maximum atomic E-state index is 11.9. The normalized spacial score (nSPS) is 32.1. The highest BCUT2D eigenvalue weighted by Crippen LogP contribution is 2.31. The smallest absolute Gasteiger partial charge is 0.410 e. The van der Waals surface area contributed by atoms with Crippen LogP contribution in [0.15, 0.2) is 0 Å². The predicted molar refractivity (Wildman–Crippen MR) is 64.8 cm³/mol. The van der Waals surface area contributed by atoms with Crippen molar-refractivity contribution in [3.8, 4) is 0 Å². The molecule has 0 spiro atoms. The van der Waals surface area contributed by atoms with Gasteiger partial charge >= 0.3 is 6.09 Å². The molecule has 1 amide bonds. The van der Waals surface area contributed by atoms with Crippen molar-refractivity contribution in [3.05, 3.63) is 0 Å². The molecule has 2 aliphatic heterocycles. The Hall–Kier alpha value is -0.770. The SMILES string of the molecule is O=C1OC(C2CCNCC2)CN1C1CCCC1. The van der Waals surface area contributed by atoms with Crippen LogP contribution in [-0.4, -0.2) is 42.8 Å². The van der Waals surface area contributed by atoms with E-state index in [0.717, 1.165) is 32.5 Å². The Kier molecular flexibility index (Phi) is 3.23. The number of hydrogen-bond donors (Lipinski definition) is 1. The maximum Gasteiger partial charge on any atom is 0.410 e. The summed E-state index contributed by atoms with van der Waals surface area (Å²) in [4.78, 5) is 13.9. The van der Waals surface area contributed by atoms with Crippen molar-refractivity contribution in [1.82, 2.24) is 10.2 Å². The standard InChI is InChI=1S/C13H22N2O2/c16-13-15(11-3-1-2-4-11)9-12(17-13)10-5-7-14-8-6-10/h10-12,14H,1-9H2. The Morgan fingerprint density at radius 3 is 2.53 bits per heavy atom. The number of amides is 1. The zero-order valence-electron chi connectivity index (χ0n) is 10.4. The summed E-state index contributed by atoms with van der Waals surface area (Å²) in [5.74, 6) is 0.576. The van der Waals surface area contributed by atoms with E-state index in [-0.39, 0.29) is 12.2 Å². The van der Waals surface area contributed by atoms with E-state index in [1.807, 2.05) is 4.90 Å². The summed E-state index contributed by atoms with van der Waals surface area (Å²) < 4.78 is 5.59. The first-order chi connectivity index (χ1) is 8.34. The van der Waals surface area contributed by atoms with E-state index < -0.39 is 0 Å². The fraction of sp³-hybridized carbons (Fsp3) is 0.923. The molecule has 1 atom stereocenters. The minimum Gasteiger partial charge on any atom is -0.444 e. The Morgan fingerprint density at radius 2 is 1.82 bits per heavy atom. The van der Waals surface area contributed by atoms with Gasteiger partial charge in [-0.2, -0.15) is 0 Å². The van der Waals surface area contributed by atoms with Gasteiger partial charge in [-0.05, 0) is 38.8 Å². The number of hydrogen-bond acceptors (Lipinski definition) is 3. The lowest BCUT2D eigenvalue weighted by atomic mass is 9.92. The van der Waals surface area contributed by atoms with Gasteiger partial charge in [-0.25, -0.2) is 4.79 Å². The fourth-order valence-electron chi connectivity index (χ4n) is 3.48. The fourth-order valence-corrected chi connectivity index (χ4v) is 3.48. The van der Waals surface area contributed by atoms with Crippen molar-refractivity contribution in [2.24, 2.45) is 5.92 Å². The van der Waals surface area contributed by atoms with Crippen LogP contribution in [0.4, 0.5) is 4.79 Å². The summed E-state index contributed by atoms with van der Waals surface area (Å²) in [5.41, 5.74) is 0. The summed E-state index contributed by atoms with van der Waals surface area (Å²) in [6.07, 6.45) is 7.29. The van der Waals surface area contributed by atoms with Crippen LogP contribution in [0.5, 0.6) is 0 Å². The number of nitrogens with zero attached hydrogens (tertiary/aromatic N) is 1. The Morgan fingerprint density at radius 1 is 1.12 bits per heavy atom. The average molecular weight is 238 g/mol. The average Bonchev–Trinajstić information content (AvgIpc) is 2.99. The molecule has 0 radical (unpaired) electrons. The van der Waals surface area contributed by atoms with E-state index in [1.54, 1.807) is 0 Å². The van der Waals surface area contributed by atoms with Crippen molar-refractivity contribution >= 4 is 6.09 Å². The van der Waals surface area contributed by atoms with Gasteiger partial charge in [0.1, 0.15) is 6.10 Å². The molecule has 96 valence electrons. The van der Waals surface area contributed by atoms with Crippen LogP contribution in [0.3, 0.4) is 0 Å². The minimum atomic E-state index is -0.0552. The molecule has 3 fully saturated rings. The molecule has 3 rings (SSSR count). The maximum absolute atomic E-state index is 11.9. The van der Waals surface area contributed by atoms with Crippen LogP contribution >= 0.6 is 0 Å². The number of piperidine rings is 1. The lowest BCUT2D eigenvalue weighted by Gasteiger charge is -2.26. The zero-order chi connectivity index (χ0) is 11.7. The summed E-state index contributed by atoms with van der Waals surface area (Å²) in [6, 6.07) is 0.467. The van der Waals surface area contributed by atoms with Crippen molar-refractivity contribution < 1.29 is 9.53 Å². The number of cyclic esters (lactones) is 1. The molecule has 0 aromatic carbocycles. The van der Waals surface area contributed by atoms with E-state index in [0.29, 0.717) is 12.0 Å². The first-order valence-corrected chi connectivity index (χ1v) is 7.02. The van der Waals surface area contributed by atoms with Crippen LogP contribution in [0.25, 0.3) is 0 Å². The van der Waals surface area contributed by atoms with Crippen molar-refractivity contribution in [1.29, 1.82) is 0 Å². The van der Waals surface area contributed by atoms with Crippen molar-refractivity contribution in [3.63, 3.8) is 0 Å².